The molecular weight excluding hydrogens is 376 g/mol. The summed E-state index contributed by atoms with van der Waals surface area (Å²) < 4.78 is 5.35. The normalized spacial score (nSPS) is 18.3. The summed E-state index contributed by atoms with van der Waals surface area (Å²) in [5.74, 6) is -0.114. The van der Waals surface area contributed by atoms with Gasteiger partial charge >= 0.3 is 5.97 Å². The fourth-order valence-electron chi connectivity index (χ4n) is 3.65. The summed E-state index contributed by atoms with van der Waals surface area (Å²) in [4.78, 5) is 24.3. The lowest BCUT2D eigenvalue weighted by atomic mass is 10.1. The number of esters is 1. The average Bonchev–Trinajstić information content (AvgIpc) is 3.21. The summed E-state index contributed by atoms with van der Waals surface area (Å²) in [5.41, 5.74) is 2.37. The molecule has 1 aliphatic rings. The maximum atomic E-state index is 12.5. The zero-order valence-electron chi connectivity index (χ0n) is 16.4. The Hall–Kier alpha value is -1.89. The highest BCUT2D eigenvalue weighted by Gasteiger charge is 2.33. The highest BCUT2D eigenvalue weighted by molar-refractivity contribution is 6.30. The second-order valence-corrected chi connectivity index (χ2v) is 7.64. The third-order valence-corrected chi connectivity index (χ3v) is 5.40. The van der Waals surface area contributed by atoms with Crippen molar-refractivity contribution in [2.75, 3.05) is 32.8 Å². The lowest BCUT2D eigenvalue weighted by molar-refractivity contribution is -0.152. The number of halogens is 1. The number of hydrogen-bond acceptors (Lipinski definition) is 5. The van der Waals surface area contributed by atoms with Gasteiger partial charge in [-0.3, -0.25) is 14.6 Å². The predicted molar refractivity (Wildman–Crippen MR) is 110 cm³/mol. The smallest absolute Gasteiger partial charge is 0.324 e. The highest BCUT2D eigenvalue weighted by Crippen LogP contribution is 2.17. The molecule has 1 unspecified atom stereocenters. The Morgan fingerprint density at radius 1 is 1.29 bits per heavy atom. The van der Waals surface area contributed by atoms with Crippen LogP contribution in [0.15, 0.2) is 36.8 Å². The van der Waals surface area contributed by atoms with E-state index in [4.69, 9.17) is 16.3 Å². The van der Waals surface area contributed by atoms with Gasteiger partial charge in [-0.05, 0) is 50.4 Å². The van der Waals surface area contributed by atoms with E-state index in [-0.39, 0.29) is 12.0 Å². The van der Waals surface area contributed by atoms with E-state index < -0.39 is 0 Å². The molecule has 0 spiro atoms. The first-order valence-electron chi connectivity index (χ1n) is 10.0. The fraction of sp³-hybridized carbons (Fsp3) is 0.524. The van der Waals surface area contributed by atoms with Crippen molar-refractivity contribution in [2.45, 2.75) is 38.8 Å². The quantitative estimate of drug-likeness (QED) is 0.514. The monoisotopic (exact) mass is 404 g/mol. The number of nitrogens with one attached hydrogen (secondary N) is 1. The zero-order chi connectivity index (χ0) is 19.8. The number of rotatable bonds is 9. The van der Waals surface area contributed by atoms with E-state index in [1.807, 2.05) is 37.4 Å². The van der Waals surface area contributed by atoms with E-state index in [9.17, 15) is 4.79 Å². The van der Waals surface area contributed by atoms with Crippen LogP contribution in [0.3, 0.4) is 0 Å². The summed E-state index contributed by atoms with van der Waals surface area (Å²) in [5, 5.41) is 0.744. The zero-order valence-corrected chi connectivity index (χ0v) is 17.2. The van der Waals surface area contributed by atoms with Crippen molar-refractivity contribution in [3.63, 3.8) is 0 Å². The number of carbonyl (C=O) groups excluding carboxylic acids is 1. The molecule has 7 heteroatoms. The first-order valence-corrected chi connectivity index (χ1v) is 10.4. The maximum Gasteiger partial charge on any atom is 0.324 e. The van der Waals surface area contributed by atoms with Gasteiger partial charge in [0.2, 0.25) is 0 Å². The van der Waals surface area contributed by atoms with Gasteiger partial charge in [0.1, 0.15) is 6.04 Å². The van der Waals surface area contributed by atoms with Crippen LogP contribution in [0.25, 0.3) is 0 Å². The highest BCUT2D eigenvalue weighted by atomic mass is 35.5. The molecule has 152 valence electrons. The number of H-pyrrole nitrogens is 1. The Bertz CT molecular complexity index is 721. The number of nitrogens with zero attached hydrogens (tertiary/aromatic N) is 3. The van der Waals surface area contributed by atoms with Crippen LogP contribution in [0.2, 0.25) is 5.02 Å². The molecule has 6 nitrogen and oxygen atoms in total. The van der Waals surface area contributed by atoms with Crippen molar-refractivity contribution in [3.8, 4) is 0 Å². The molecule has 0 bridgehead atoms. The number of aryl methyl sites for hydroxylation is 1. The molecule has 0 aliphatic carbocycles. The number of benzene rings is 1. The average molecular weight is 405 g/mol. The molecule has 0 amide bonds. The minimum Gasteiger partial charge on any atom is -0.465 e. The summed E-state index contributed by atoms with van der Waals surface area (Å²) >= 11 is 5.98. The molecule has 1 N–H and O–H groups in total. The SMILES string of the molecule is CCOC(=O)C1CN(Cc2ccc(Cl)cc2)CCN1CCCCc1cnc[nH]1. The third-order valence-electron chi connectivity index (χ3n) is 5.15. The lowest BCUT2D eigenvalue weighted by Gasteiger charge is -2.40. The van der Waals surface area contributed by atoms with Gasteiger partial charge in [-0.15, -0.1) is 0 Å². The number of ether oxygens (including phenoxy) is 1. The Balaban J connectivity index is 1.53. The van der Waals surface area contributed by atoms with E-state index >= 15 is 0 Å². The molecule has 1 aromatic carbocycles. The topological polar surface area (TPSA) is 61.5 Å². The molecule has 3 rings (SSSR count). The summed E-state index contributed by atoms with van der Waals surface area (Å²) in [6, 6.07) is 7.71. The molecule has 2 aromatic rings. The van der Waals surface area contributed by atoms with E-state index in [2.05, 4.69) is 19.8 Å². The Kier molecular flexibility index (Phi) is 7.89. The van der Waals surface area contributed by atoms with Crippen LogP contribution >= 0.6 is 11.6 Å². The molecule has 0 radical (unpaired) electrons. The van der Waals surface area contributed by atoms with Crippen molar-refractivity contribution in [1.29, 1.82) is 0 Å². The molecule has 2 heterocycles. The van der Waals surface area contributed by atoms with Gasteiger partial charge in [0.25, 0.3) is 0 Å². The van der Waals surface area contributed by atoms with Crippen molar-refractivity contribution in [3.05, 3.63) is 53.1 Å². The number of aromatic amines is 1. The van der Waals surface area contributed by atoms with E-state index in [0.717, 1.165) is 56.2 Å². The Labute approximate surface area is 171 Å². The summed E-state index contributed by atoms with van der Waals surface area (Å²) in [6.45, 7) is 6.52. The molecule has 1 fully saturated rings. The minimum absolute atomic E-state index is 0.114. The predicted octanol–water partition coefficient (Wildman–Crippen LogP) is 3.14. The second-order valence-electron chi connectivity index (χ2n) is 7.20. The van der Waals surface area contributed by atoms with Crippen LogP contribution in [0.4, 0.5) is 0 Å². The number of hydrogen-bond donors (Lipinski definition) is 1. The molecule has 0 saturated carbocycles. The molecule has 1 atom stereocenters. The van der Waals surface area contributed by atoms with Crippen molar-refractivity contribution >= 4 is 17.6 Å². The Morgan fingerprint density at radius 3 is 2.82 bits per heavy atom. The standard InChI is InChI=1S/C21H29ClN4O2/c1-2-28-21(27)20-15-25(14-17-6-8-18(22)9-7-17)11-12-26(20)10-4-3-5-19-13-23-16-24-19/h6-9,13,16,20H,2-5,10-12,14-15H2,1H3,(H,23,24). The molecule has 1 saturated heterocycles. The fourth-order valence-corrected chi connectivity index (χ4v) is 3.78. The lowest BCUT2D eigenvalue weighted by Crippen LogP contribution is -2.56. The largest absolute Gasteiger partial charge is 0.465 e. The van der Waals surface area contributed by atoms with Gasteiger partial charge < -0.3 is 9.72 Å². The molecule has 28 heavy (non-hydrogen) atoms. The minimum atomic E-state index is -0.201. The van der Waals surface area contributed by atoms with Crippen molar-refractivity contribution in [2.24, 2.45) is 0 Å². The summed E-state index contributed by atoms with van der Waals surface area (Å²) in [6.07, 6.45) is 6.69. The number of unbranched alkanes of at least 4 members (excludes halogenated alkanes) is 1. The second kappa shape index (κ2) is 10.6. The van der Waals surface area contributed by atoms with Gasteiger partial charge in [0, 0.05) is 43.1 Å². The molecular formula is C21H29ClN4O2. The van der Waals surface area contributed by atoms with Crippen molar-refractivity contribution in [1.82, 2.24) is 19.8 Å². The molecule has 1 aliphatic heterocycles. The van der Waals surface area contributed by atoms with Gasteiger partial charge in [-0.25, -0.2) is 4.98 Å². The van der Waals surface area contributed by atoms with Gasteiger partial charge in [-0.2, -0.15) is 0 Å². The first kappa shape index (κ1) is 20.8. The van der Waals surface area contributed by atoms with E-state index in [0.29, 0.717) is 13.2 Å². The number of carbonyl (C=O) groups is 1. The van der Waals surface area contributed by atoms with Gasteiger partial charge in [0.15, 0.2) is 0 Å². The number of aromatic nitrogens is 2. The van der Waals surface area contributed by atoms with Crippen LogP contribution in [-0.2, 0) is 22.5 Å². The van der Waals surface area contributed by atoms with E-state index in [1.54, 1.807) is 6.33 Å². The first-order chi connectivity index (χ1) is 13.7. The third kappa shape index (κ3) is 6.06. The van der Waals surface area contributed by atoms with Gasteiger partial charge in [0.05, 0.1) is 12.9 Å². The number of piperazine rings is 1. The van der Waals surface area contributed by atoms with Crippen LogP contribution in [0.1, 0.15) is 31.0 Å². The van der Waals surface area contributed by atoms with Crippen LogP contribution < -0.4 is 0 Å². The van der Waals surface area contributed by atoms with Crippen LogP contribution in [-0.4, -0.2) is 64.6 Å². The molecule has 1 aromatic heterocycles. The van der Waals surface area contributed by atoms with Crippen LogP contribution in [0, 0.1) is 0 Å². The maximum absolute atomic E-state index is 12.5. The van der Waals surface area contributed by atoms with Crippen LogP contribution in [0.5, 0.6) is 0 Å². The van der Waals surface area contributed by atoms with E-state index in [1.165, 1.54) is 5.56 Å². The van der Waals surface area contributed by atoms with Gasteiger partial charge in [-0.1, -0.05) is 23.7 Å². The number of imidazole rings is 1. The van der Waals surface area contributed by atoms with Crippen molar-refractivity contribution < 1.29 is 9.53 Å². The summed E-state index contributed by atoms with van der Waals surface area (Å²) in [7, 11) is 0. The Morgan fingerprint density at radius 2 is 2.11 bits per heavy atom.